The number of nitrogens with zero attached hydrogens (tertiary/aromatic N) is 1. The van der Waals surface area contributed by atoms with Gasteiger partial charge in [-0.3, -0.25) is 4.79 Å². The fourth-order valence-corrected chi connectivity index (χ4v) is 2.64. The second-order valence-corrected chi connectivity index (χ2v) is 6.64. The molecule has 1 N–H and O–H groups in total. The number of amides is 1. The number of hydrogen-bond donors (Lipinski definition) is 1. The zero-order valence-corrected chi connectivity index (χ0v) is 17.0. The molecule has 0 fully saturated rings. The predicted octanol–water partition coefficient (Wildman–Crippen LogP) is 4.73. The number of benzene rings is 2. The molecule has 1 amide bonds. The fraction of sp³-hybridized carbons (Fsp3) is 0.348. The lowest BCUT2D eigenvalue weighted by atomic mass is 10.1. The van der Waals surface area contributed by atoms with Crippen molar-refractivity contribution in [1.29, 1.82) is 0 Å². The predicted molar refractivity (Wildman–Crippen MR) is 114 cm³/mol. The van der Waals surface area contributed by atoms with Crippen LogP contribution in [0.5, 0.6) is 11.5 Å². The number of hydrazone groups is 1. The Morgan fingerprint density at radius 2 is 1.59 bits per heavy atom. The number of unbranched alkanes of at least 4 members (excludes halogenated alkanes) is 4. The van der Waals surface area contributed by atoms with Crippen molar-refractivity contribution in [2.75, 3.05) is 7.11 Å². The summed E-state index contributed by atoms with van der Waals surface area (Å²) in [5.74, 6) is 0.580. The van der Waals surface area contributed by atoms with E-state index in [-0.39, 0.29) is 5.91 Å². The van der Waals surface area contributed by atoms with Gasteiger partial charge in [-0.15, -0.1) is 0 Å². The molecular formula is C23H28N2O4. The average molecular weight is 396 g/mol. The highest BCUT2D eigenvalue weighted by Crippen LogP contribution is 2.16. The maximum Gasteiger partial charge on any atom is 0.343 e. The van der Waals surface area contributed by atoms with Crippen LogP contribution in [0.25, 0.3) is 0 Å². The molecule has 6 nitrogen and oxygen atoms in total. The molecule has 2 aromatic carbocycles. The second kappa shape index (κ2) is 12.3. The lowest BCUT2D eigenvalue weighted by Crippen LogP contribution is -2.16. The van der Waals surface area contributed by atoms with Crippen molar-refractivity contribution in [3.8, 4) is 11.5 Å². The molecule has 0 spiro atoms. The molecule has 0 aliphatic rings. The molecule has 6 heteroatoms. The summed E-state index contributed by atoms with van der Waals surface area (Å²) in [6.45, 7) is 2.17. The lowest BCUT2D eigenvalue weighted by molar-refractivity contribution is -0.121. The Morgan fingerprint density at radius 1 is 0.931 bits per heavy atom. The van der Waals surface area contributed by atoms with Gasteiger partial charge in [0.15, 0.2) is 0 Å². The van der Waals surface area contributed by atoms with E-state index in [2.05, 4.69) is 17.5 Å². The van der Waals surface area contributed by atoms with Gasteiger partial charge in [-0.2, -0.15) is 5.10 Å². The Morgan fingerprint density at radius 3 is 2.24 bits per heavy atom. The zero-order chi connectivity index (χ0) is 20.9. The van der Waals surface area contributed by atoms with Crippen molar-refractivity contribution >= 4 is 18.1 Å². The summed E-state index contributed by atoms with van der Waals surface area (Å²) in [6.07, 6.45) is 7.58. The van der Waals surface area contributed by atoms with Gasteiger partial charge < -0.3 is 9.47 Å². The van der Waals surface area contributed by atoms with Crippen molar-refractivity contribution in [1.82, 2.24) is 5.43 Å². The van der Waals surface area contributed by atoms with E-state index in [1.165, 1.54) is 19.3 Å². The SMILES string of the molecule is CCCCCCCC(=O)NN=Cc1ccc(OC(=O)c2ccc(OC)cc2)cc1. The van der Waals surface area contributed by atoms with Gasteiger partial charge >= 0.3 is 5.97 Å². The second-order valence-electron chi connectivity index (χ2n) is 6.64. The molecule has 0 bridgehead atoms. The third kappa shape index (κ3) is 8.17. The van der Waals surface area contributed by atoms with E-state index in [1.807, 2.05) is 0 Å². The van der Waals surface area contributed by atoms with E-state index in [1.54, 1.807) is 61.9 Å². The van der Waals surface area contributed by atoms with Gasteiger partial charge in [0.2, 0.25) is 5.91 Å². The van der Waals surface area contributed by atoms with Crippen molar-refractivity contribution in [2.24, 2.45) is 5.10 Å². The molecule has 2 rings (SSSR count). The van der Waals surface area contributed by atoms with Crippen LogP contribution in [-0.4, -0.2) is 25.2 Å². The quantitative estimate of drug-likeness (QED) is 0.196. The molecule has 0 unspecified atom stereocenters. The van der Waals surface area contributed by atoms with Crippen LogP contribution >= 0.6 is 0 Å². The maximum atomic E-state index is 12.2. The number of rotatable bonds is 11. The molecule has 154 valence electrons. The minimum Gasteiger partial charge on any atom is -0.497 e. The summed E-state index contributed by atoms with van der Waals surface area (Å²) in [4.78, 5) is 23.9. The highest BCUT2D eigenvalue weighted by Gasteiger charge is 2.08. The first kappa shape index (κ1) is 22.1. The van der Waals surface area contributed by atoms with Crippen LogP contribution < -0.4 is 14.9 Å². The van der Waals surface area contributed by atoms with E-state index in [0.717, 1.165) is 18.4 Å². The number of carbonyl (C=O) groups is 2. The molecule has 0 aromatic heterocycles. The van der Waals surface area contributed by atoms with Gasteiger partial charge in [0.25, 0.3) is 0 Å². The highest BCUT2D eigenvalue weighted by atomic mass is 16.5. The first-order valence-electron chi connectivity index (χ1n) is 9.90. The molecule has 2 aromatic rings. The van der Waals surface area contributed by atoms with Gasteiger partial charge in [0.1, 0.15) is 11.5 Å². The number of methoxy groups -OCH3 is 1. The van der Waals surface area contributed by atoms with Gasteiger partial charge in [-0.05, 0) is 60.5 Å². The molecule has 0 heterocycles. The smallest absolute Gasteiger partial charge is 0.343 e. The van der Waals surface area contributed by atoms with E-state index in [0.29, 0.717) is 23.5 Å². The van der Waals surface area contributed by atoms with Crippen LogP contribution in [0.4, 0.5) is 0 Å². The van der Waals surface area contributed by atoms with Crippen LogP contribution in [0.15, 0.2) is 53.6 Å². The zero-order valence-electron chi connectivity index (χ0n) is 17.0. The Kier molecular flexibility index (Phi) is 9.42. The first-order chi connectivity index (χ1) is 14.1. The molecule has 0 aliphatic heterocycles. The van der Waals surface area contributed by atoms with Gasteiger partial charge in [0.05, 0.1) is 18.9 Å². The van der Waals surface area contributed by atoms with Gasteiger partial charge in [-0.25, -0.2) is 10.2 Å². The largest absolute Gasteiger partial charge is 0.497 e. The minimum absolute atomic E-state index is 0.0807. The van der Waals surface area contributed by atoms with Crippen molar-refractivity contribution < 1.29 is 19.1 Å². The van der Waals surface area contributed by atoms with Crippen molar-refractivity contribution in [3.63, 3.8) is 0 Å². The molecule has 0 aliphatic carbocycles. The molecule has 0 atom stereocenters. The van der Waals surface area contributed by atoms with E-state index < -0.39 is 5.97 Å². The van der Waals surface area contributed by atoms with Crippen LogP contribution in [0.1, 0.15) is 61.4 Å². The summed E-state index contributed by atoms with van der Waals surface area (Å²) < 4.78 is 10.4. The third-order valence-corrected chi connectivity index (χ3v) is 4.33. The Labute approximate surface area is 171 Å². The number of ether oxygens (including phenoxy) is 2. The monoisotopic (exact) mass is 396 g/mol. The summed E-state index contributed by atoms with van der Waals surface area (Å²) in [5, 5.41) is 3.97. The molecule has 0 saturated carbocycles. The Bertz CT molecular complexity index is 799. The van der Waals surface area contributed by atoms with Gasteiger partial charge in [-0.1, -0.05) is 32.6 Å². The summed E-state index contributed by atoms with van der Waals surface area (Å²) in [5.41, 5.74) is 3.76. The lowest BCUT2D eigenvalue weighted by Gasteiger charge is -2.05. The highest BCUT2D eigenvalue weighted by molar-refractivity contribution is 5.91. The molecule has 0 saturated heterocycles. The Balaban J connectivity index is 1.76. The summed E-state index contributed by atoms with van der Waals surface area (Å²) in [6, 6.07) is 13.6. The van der Waals surface area contributed by atoms with E-state index >= 15 is 0 Å². The summed E-state index contributed by atoms with van der Waals surface area (Å²) >= 11 is 0. The van der Waals surface area contributed by atoms with Crippen LogP contribution in [0, 0.1) is 0 Å². The molecule has 0 radical (unpaired) electrons. The van der Waals surface area contributed by atoms with Crippen LogP contribution in [-0.2, 0) is 4.79 Å². The van der Waals surface area contributed by atoms with Gasteiger partial charge in [0, 0.05) is 6.42 Å². The minimum atomic E-state index is -0.444. The Hall–Kier alpha value is -3.15. The number of nitrogens with one attached hydrogen (secondary N) is 1. The number of hydrogen-bond acceptors (Lipinski definition) is 5. The molecular weight excluding hydrogens is 368 g/mol. The van der Waals surface area contributed by atoms with Crippen LogP contribution in [0.3, 0.4) is 0 Å². The molecule has 29 heavy (non-hydrogen) atoms. The van der Waals surface area contributed by atoms with Crippen molar-refractivity contribution in [3.05, 3.63) is 59.7 Å². The first-order valence-corrected chi connectivity index (χ1v) is 9.90. The average Bonchev–Trinajstić information content (AvgIpc) is 2.75. The fourth-order valence-electron chi connectivity index (χ4n) is 2.64. The third-order valence-electron chi connectivity index (χ3n) is 4.33. The van der Waals surface area contributed by atoms with Crippen LogP contribution in [0.2, 0.25) is 0 Å². The van der Waals surface area contributed by atoms with E-state index in [4.69, 9.17) is 9.47 Å². The maximum absolute atomic E-state index is 12.2. The topological polar surface area (TPSA) is 77.0 Å². The normalized spacial score (nSPS) is 10.7. The standard InChI is InChI=1S/C23H28N2O4/c1-3-4-5-6-7-8-22(26)25-24-17-18-9-13-21(14-10-18)29-23(27)19-11-15-20(28-2)16-12-19/h9-17H,3-8H2,1-2H3,(H,25,26). The number of carbonyl (C=O) groups excluding carboxylic acids is 2. The van der Waals surface area contributed by atoms with E-state index in [9.17, 15) is 9.59 Å². The van der Waals surface area contributed by atoms with Crippen molar-refractivity contribution in [2.45, 2.75) is 45.4 Å². The summed E-state index contributed by atoms with van der Waals surface area (Å²) in [7, 11) is 1.57. The number of esters is 1.